The van der Waals surface area contributed by atoms with Gasteiger partial charge in [0.05, 0.1) is 5.69 Å². The molecule has 2 heterocycles. The van der Waals surface area contributed by atoms with E-state index in [9.17, 15) is 0 Å². The number of hydrogen-bond acceptors (Lipinski definition) is 5. The summed E-state index contributed by atoms with van der Waals surface area (Å²) in [5.41, 5.74) is 2.84. The average Bonchev–Trinajstić information content (AvgIpc) is 3.19. The van der Waals surface area contributed by atoms with Crippen LogP contribution in [-0.4, -0.2) is 25.8 Å². The highest BCUT2D eigenvalue weighted by atomic mass is 16.5. The van der Waals surface area contributed by atoms with Gasteiger partial charge in [-0.05, 0) is 48.5 Å². The lowest BCUT2D eigenvalue weighted by atomic mass is 10.00. The summed E-state index contributed by atoms with van der Waals surface area (Å²) in [5.74, 6) is 1.74. The summed E-state index contributed by atoms with van der Waals surface area (Å²) >= 11 is 0. The molecule has 0 spiro atoms. The van der Waals surface area contributed by atoms with Crippen molar-refractivity contribution in [2.75, 3.05) is 0 Å². The first-order valence-corrected chi connectivity index (χ1v) is 7.87. The van der Waals surface area contributed by atoms with Crippen LogP contribution >= 0.6 is 0 Å². The number of fused-ring (bicyclic) bond motifs is 1. The van der Waals surface area contributed by atoms with E-state index in [1.54, 1.807) is 11.0 Å². The van der Waals surface area contributed by atoms with Crippen molar-refractivity contribution in [2.45, 2.75) is 32.5 Å². The Bertz CT molecular complexity index is 845. The fourth-order valence-corrected chi connectivity index (χ4v) is 2.97. The van der Waals surface area contributed by atoms with Gasteiger partial charge in [-0.2, -0.15) is 0 Å². The number of rotatable bonds is 4. The Labute approximate surface area is 140 Å². The van der Waals surface area contributed by atoms with Gasteiger partial charge in [-0.1, -0.05) is 18.2 Å². The third-order valence-electron chi connectivity index (χ3n) is 3.97. The lowest BCUT2D eigenvalue weighted by molar-refractivity contribution is 0.135. The Kier molecular flexibility index (Phi) is 3.45. The quantitative estimate of drug-likeness (QED) is 0.739. The van der Waals surface area contributed by atoms with E-state index < -0.39 is 0 Å². The minimum absolute atomic E-state index is 0.219. The third-order valence-corrected chi connectivity index (χ3v) is 3.97. The molecular weight excluding hydrogens is 304 g/mol. The number of hydrogen-bond donors (Lipinski definition) is 0. The number of tetrazole rings is 1. The zero-order chi connectivity index (χ0) is 16.6. The molecule has 1 aliphatic heterocycles. The first kappa shape index (κ1) is 14.7. The van der Waals surface area contributed by atoms with Gasteiger partial charge >= 0.3 is 0 Å². The average molecular weight is 322 g/mol. The Balaban J connectivity index is 1.69. The molecule has 0 saturated carbocycles. The maximum Gasteiger partial charge on any atom is 0.143 e. The predicted octanol–water partition coefficient (Wildman–Crippen LogP) is 2.95. The van der Waals surface area contributed by atoms with Gasteiger partial charge < -0.3 is 9.47 Å². The molecule has 122 valence electrons. The van der Waals surface area contributed by atoms with Gasteiger partial charge in [0, 0.05) is 17.5 Å². The van der Waals surface area contributed by atoms with E-state index in [4.69, 9.17) is 9.47 Å². The number of ether oxygens (including phenoxy) is 2. The lowest BCUT2D eigenvalue weighted by Crippen LogP contribution is -2.25. The van der Waals surface area contributed by atoms with Crippen molar-refractivity contribution in [3.05, 3.63) is 59.9 Å². The van der Waals surface area contributed by atoms with Crippen molar-refractivity contribution >= 4 is 0 Å². The zero-order valence-electron chi connectivity index (χ0n) is 13.6. The van der Waals surface area contributed by atoms with Gasteiger partial charge in [0.1, 0.15) is 30.0 Å². The van der Waals surface area contributed by atoms with Gasteiger partial charge in [-0.3, -0.25) is 0 Å². The maximum atomic E-state index is 6.15. The van der Waals surface area contributed by atoms with E-state index in [1.807, 2.05) is 36.4 Å². The van der Waals surface area contributed by atoms with Gasteiger partial charge in [-0.15, -0.1) is 5.10 Å². The fraction of sp³-hybridized carbons (Fsp3) is 0.278. The minimum atomic E-state index is -0.219. The second-order valence-electron chi connectivity index (χ2n) is 6.49. The van der Waals surface area contributed by atoms with Crippen LogP contribution in [-0.2, 0) is 13.0 Å². The fourth-order valence-electron chi connectivity index (χ4n) is 2.97. The molecule has 3 aromatic rings. The number of nitrogens with zero attached hydrogens (tertiary/aromatic N) is 4. The molecule has 2 aromatic carbocycles. The minimum Gasteiger partial charge on any atom is -0.489 e. The van der Waals surface area contributed by atoms with Crippen molar-refractivity contribution in [1.29, 1.82) is 0 Å². The summed E-state index contributed by atoms with van der Waals surface area (Å²) in [6, 6.07) is 13.8. The summed E-state index contributed by atoms with van der Waals surface area (Å²) in [6.45, 7) is 4.61. The topological polar surface area (TPSA) is 62.1 Å². The highest BCUT2D eigenvalue weighted by Crippen LogP contribution is 2.39. The van der Waals surface area contributed by atoms with Gasteiger partial charge in [0.15, 0.2) is 0 Å². The third kappa shape index (κ3) is 2.82. The van der Waals surface area contributed by atoms with Crippen molar-refractivity contribution in [3.63, 3.8) is 0 Å². The maximum absolute atomic E-state index is 6.15. The van der Waals surface area contributed by atoms with Crippen molar-refractivity contribution in [3.8, 4) is 17.2 Å². The van der Waals surface area contributed by atoms with E-state index in [0.29, 0.717) is 6.61 Å². The molecule has 24 heavy (non-hydrogen) atoms. The van der Waals surface area contributed by atoms with Crippen LogP contribution in [0, 0.1) is 0 Å². The molecule has 0 aliphatic carbocycles. The lowest BCUT2D eigenvalue weighted by Gasteiger charge is -2.18. The van der Waals surface area contributed by atoms with Gasteiger partial charge in [0.2, 0.25) is 0 Å². The van der Waals surface area contributed by atoms with Crippen LogP contribution in [0.5, 0.6) is 11.5 Å². The van der Waals surface area contributed by atoms with Crippen LogP contribution in [0.1, 0.15) is 25.0 Å². The number of para-hydroxylation sites is 1. The zero-order valence-corrected chi connectivity index (χ0v) is 13.6. The first-order chi connectivity index (χ1) is 11.6. The van der Waals surface area contributed by atoms with E-state index >= 15 is 0 Å². The number of aromatic nitrogens is 4. The normalized spacial score (nSPS) is 14.9. The Morgan fingerprint density at radius 3 is 2.79 bits per heavy atom. The van der Waals surface area contributed by atoms with Crippen molar-refractivity contribution in [1.82, 2.24) is 20.2 Å². The van der Waals surface area contributed by atoms with Crippen molar-refractivity contribution < 1.29 is 9.47 Å². The highest BCUT2D eigenvalue weighted by molar-refractivity contribution is 5.52. The molecule has 0 radical (unpaired) electrons. The van der Waals surface area contributed by atoms with E-state index in [1.165, 1.54) is 0 Å². The molecule has 0 atom stereocenters. The smallest absolute Gasteiger partial charge is 0.143 e. The Hall–Kier alpha value is -2.89. The monoisotopic (exact) mass is 322 g/mol. The first-order valence-electron chi connectivity index (χ1n) is 7.87. The summed E-state index contributed by atoms with van der Waals surface area (Å²) in [4.78, 5) is 0. The standard InChI is InChI=1S/C18H18N4O2/c1-18(2)10-13-8-15(22-12-19-20-21-22)9-14(17(13)24-18)11-23-16-6-4-3-5-7-16/h3-9,12H,10-11H2,1-2H3. The van der Waals surface area contributed by atoms with Crippen LogP contribution in [0.2, 0.25) is 0 Å². The van der Waals surface area contributed by atoms with Gasteiger partial charge in [-0.25, -0.2) is 4.68 Å². The molecule has 1 aliphatic rings. The van der Waals surface area contributed by atoms with E-state index in [-0.39, 0.29) is 5.60 Å². The molecule has 0 saturated heterocycles. The Morgan fingerprint density at radius 1 is 1.21 bits per heavy atom. The molecule has 1 aromatic heterocycles. The van der Waals surface area contributed by atoms with Crippen LogP contribution in [0.15, 0.2) is 48.8 Å². The summed E-state index contributed by atoms with van der Waals surface area (Å²) in [6.07, 6.45) is 2.43. The van der Waals surface area contributed by atoms with Crippen molar-refractivity contribution in [2.24, 2.45) is 0 Å². The summed E-state index contributed by atoms with van der Waals surface area (Å²) < 4.78 is 13.7. The number of benzene rings is 2. The molecule has 6 heteroatoms. The molecule has 0 N–H and O–H groups in total. The van der Waals surface area contributed by atoms with Crippen LogP contribution in [0.25, 0.3) is 5.69 Å². The van der Waals surface area contributed by atoms with Crippen LogP contribution < -0.4 is 9.47 Å². The highest BCUT2D eigenvalue weighted by Gasteiger charge is 2.32. The van der Waals surface area contributed by atoms with Gasteiger partial charge in [0.25, 0.3) is 0 Å². The van der Waals surface area contributed by atoms with E-state index in [2.05, 4.69) is 35.4 Å². The van der Waals surface area contributed by atoms with Crippen LogP contribution in [0.3, 0.4) is 0 Å². The molecule has 0 bridgehead atoms. The summed E-state index contributed by atoms with van der Waals surface area (Å²) in [7, 11) is 0. The van der Waals surface area contributed by atoms with E-state index in [0.717, 1.165) is 34.7 Å². The molecule has 0 fully saturated rings. The summed E-state index contributed by atoms with van der Waals surface area (Å²) in [5, 5.41) is 11.4. The second kappa shape index (κ2) is 5.63. The SMILES string of the molecule is CC1(C)Cc2cc(-n3cnnn3)cc(COc3ccccc3)c2O1. The van der Waals surface area contributed by atoms with Crippen LogP contribution in [0.4, 0.5) is 0 Å². The molecule has 4 rings (SSSR count). The largest absolute Gasteiger partial charge is 0.489 e. The Morgan fingerprint density at radius 2 is 2.04 bits per heavy atom. The molecule has 6 nitrogen and oxygen atoms in total. The molecule has 0 amide bonds. The molecule has 0 unspecified atom stereocenters. The molecular formula is C18H18N4O2. The second-order valence-corrected chi connectivity index (χ2v) is 6.49. The predicted molar refractivity (Wildman–Crippen MR) is 88.3 cm³/mol.